The highest BCUT2D eigenvalue weighted by Crippen LogP contribution is 2.35. The monoisotopic (exact) mass is 335 g/mol. The second-order valence-electron chi connectivity index (χ2n) is 6.04. The van der Waals surface area contributed by atoms with Crippen LogP contribution in [-0.4, -0.2) is 33.2 Å². The van der Waals surface area contributed by atoms with Crippen LogP contribution < -0.4 is 10.2 Å². The number of anilines is 1. The molecule has 1 aliphatic heterocycles. The Labute approximate surface area is 144 Å². The van der Waals surface area contributed by atoms with Crippen molar-refractivity contribution in [2.24, 2.45) is 0 Å². The van der Waals surface area contributed by atoms with Gasteiger partial charge in [-0.05, 0) is 11.6 Å². The number of carbonyl (C=O) groups excluding carboxylic acids is 2. The van der Waals surface area contributed by atoms with Crippen LogP contribution in [0, 0.1) is 0 Å². The summed E-state index contributed by atoms with van der Waals surface area (Å²) in [4.78, 5) is 34.8. The zero-order valence-corrected chi connectivity index (χ0v) is 13.7. The highest BCUT2D eigenvalue weighted by Gasteiger charge is 2.33. The summed E-state index contributed by atoms with van der Waals surface area (Å²) in [7, 11) is 1.74. The van der Waals surface area contributed by atoms with Crippen molar-refractivity contribution in [3.05, 3.63) is 60.3 Å². The van der Waals surface area contributed by atoms with E-state index >= 15 is 0 Å². The molecule has 2 aromatic heterocycles. The fraction of sp³-hybridized carbons (Fsp3) is 0.222. The number of para-hydroxylation sites is 1. The normalized spacial score (nSPS) is 16.8. The van der Waals surface area contributed by atoms with Gasteiger partial charge in [-0.3, -0.25) is 19.0 Å². The number of hydrogen-bond acceptors (Lipinski definition) is 4. The molecule has 25 heavy (non-hydrogen) atoms. The smallest absolute Gasteiger partial charge is 0.228 e. The summed E-state index contributed by atoms with van der Waals surface area (Å²) in [5.41, 5.74) is 3.26. The van der Waals surface area contributed by atoms with Crippen LogP contribution in [0.5, 0.6) is 0 Å². The number of hydrogen-bond donors (Lipinski definition) is 1. The molecule has 7 heteroatoms. The van der Waals surface area contributed by atoms with Gasteiger partial charge in [-0.25, -0.2) is 4.98 Å². The molecule has 4 rings (SSSR count). The molecule has 7 nitrogen and oxygen atoms in total. The van der Waals surface area contributed by atoms with E-state index in [4.69, 9.17) is 0 Å². The average Bonchev–Trinajstić information content (AvgIpc) is 3.06. The third kappa shape index (κ3) is 2.63. The molecule has 3 heterocycles. The van der Waals surface area contributed by atoms with Crippen LogP contribution in [0.2, 0.25) is 0 Å². The lowest BCUT2D eigenvalue weighted by Gasteiger charge is -2.30. The number of benzene rings is 1. The molecule has 0 saturated carbocycles. The molecule has 3 aromatic rings. The number of nitrogens with one attached hydrogen (secondary N) is 1. The van der Waals surface area contributed by atoms with E-state index in [1.165, 1.54) is 0 Å². The van der Waals surface area contributed by atoms with Crippen LogP contribution >= 0.6 is 0 Å². The number of fused-ring (bicyclic) bond motifs is 2. The molecule has 1 aliphatic rings. The Hall–Kier alpha value is -3.22. The van der Waals surface area contributed by atoms with E-state index in [0.29, 0.717) is 6.54 Å². The first kappa shape index (κ1) is 15.3. The molecule has 1 aromatic carbocycles. The maximum absolute atomic E-state index is 12.7. The van der Waals surface area contributed by atoms with E-state index in [9.17, 15) is 9.59 Å². The van der Waals surface area contributed by atoms with Gasteiger partial charge in [-0.2, -0.15) is 0 Å². The van der Waals surface area contributed by atoms with Crippen molar-refractivity contribution in [3.63, 3.8) is 0 Å². The number of aromatic nitrogens is 3. The molecule has 0 aliphatic carbocycles. The highest BCUT2D eigenvalue weighted by atomic mass is 16.2. The number of imidazole rings is 1. The zero-order chi connectivity index (χ0) is 17.4. The summed E-state index contributed by atoms with van der Waals surface area (Å²) < 4.78 is 1.88. The number of amides is 2. The SMILES string of the molecule is CN1C(=O)CC(C(=O)NCc2cnc3cnccn23)c2ccccc21. The standard InChI is InChI=1S/C18H17N5O2/c1-22-15-5-3-2-4-13(15)14(8-17(22)24)18(25)21-10-12-9-20-16-11-19-6-7-23(12)16/h2-7,9,11,14H,8,10H2,1H3,(H,21,25). The number of carbonyl (C=O) groups is 2. The summed E-state index contributed by atoms with van der Waals surface area (Å²) >= 11 is 0. The van der Waals surface area contributed by atoms with Crippen LogP contribution in [0.15, 0.2) is 49.1 Å². The summed E-state index contributed by atoms with van der Waals surface area (Å²) in [6, 6.07) is 7.53. The molecular formula is C18H17N5O2. The van der Waals surface area contributed by atoms with Gasteiger partial charge in [-0.15, -0.1) is 0 Å². The van der Waals surface area contributed by atoms with Crippen LogP contribution in [-0.2, 0) is 16.1 Å². The Morgan fingerprint density at radius 1 is 1.32 bits per heavy atom. The predicted octanol–water partition coefficient (Wildman–Crippen LogP) is 1.50. The Balaban J connectivity index is 1.55. The van der Waals surface area contributed by atoms with Gasteiger partial charge in [0.1, 0.15) is 0 Å². The van der Waals surface area contributed by atoms with Gasteiger partial charge in [0, 0.05) is 31.5 Å². The third-order valence-corrected chi connectivity index (χ3v) is 4.58. The van der Waals surface area contributed by atoms with Gasteiger partial charge in [0.05, 0.1) is 30.6 Å². The van der Waals surface area contributed by atoms with Crippen molar-refractivity contribution < 1.29 is 9.59 Å². The van der Waals surface area contributed by atoms with E-state index < -0.39 is 5.92 Å². The van der Waals surface area contributed by atoms with Crippen molar-refractivity contribution in [1.29, 1.82) is 0 Å². The van der Waals surface area contributed by atoms with Gasteiger partial charge in [0.2, 0.25) is 11.8 Å². The Bertz CT molecular complexity index is 965. The lowest BCUT2D eigenvalue weighted by molar-refractivity contribution is -0.127. The Kier molecular flexibility index (Phi) is 3.68. The molecule has 0 bridgehead atoms. The third-order valence-electron chi connectivity index (χ3n) is 4.58. The van der Waals surface area contributed by atoms with Gasteiger partial charge in [0.25, 0.3) is 0 Å². The van der Waals surface area contributed by atoms with Crippen molar-refractivity contribution >= 4 is 23.1 Å². The molecule has 2 amide bonds. The van der Waals surface area contributed by atoms with Crippen LogP contribution in [0.1, 0.15) is 23.6 Å². The maximum Gasteiger partial charge on any atom is 0.228 e. The van der Waals surface area contributed by atoms with Crippen molar-refractivity contribution in [2.45, 2.75) is 18.9 Å². The van der Waals surface area contributed by atoms with Crippen molar-refractivity contribution in [1.82, 2.24) is 19.7 Å². The van der Waals surface area contributed by atoms with E-state index in [1.54, 1.807) is 36.7 Å². The first-order chi connectivity index (χ1) is 12.1. The molecule has 0 saturated heterocycles. The molecule has 1 atom stereocenters. The Morgan fingerprint density at radius 3 is 3.04 bits per heavy atom. The van der Waals surface area contributed by atoms with Crippen LogP contribution in [0.4, 0.5) is 5.69 Å². The van der Waals surface area contributed by atoms with Gasteiger partial charge >= 0.3 is 0 Å². The summed E-state index contributed by atoms with van der Waals surface area (Å²) in [6.07, 6.45) is 7.03. The minimum Gasteiger partial charge on any atom is -0.350 e. The predicted molar refractivity (Wildman–Crippen MR) is 92.0 cm³/mol. The largest absolute Gasteiger partial charge is 0.350 e. The van der Waals surface area contributed by atoms with Gasteiger partial charge in [-0.1, -0.05) is 18.2 Å². The van der Waals surface area contributed by atoms with Crippen molar-refractivity contribution in [3.8, 4) is 0 Å². The summed E-state index contributed by atoms with van der Waals surface area (Å²) in [5, 5.41) is 2.93. The lowest BCUT2D eigenvalue weighted by Crippen LogP contribution is -2.39. The van der Waals surface area contributed by atoms with E-state index in [2.05, 4.69) is 15.3 Å². The quantitative estimate of drug-likeness (QED) is 0.786. The first-order valence-corrected chi connectivity index (χ1v) is 8.04. The average molecular weight is 335 g/mol. The topological polar surface area (TPSA) is 79.6 Å². The maximum atomic E-state index is 12.7. The fourth-order valence-electron chi connectivity index (χ4n) is 3.20. The van der Waals surface area contributed by atoms with Gasteiger partial charge in [0.15, 0.2) is 5.65 Å². The molecule has 0 spiro atoms. The highest BCUT2D eigenvalue weighted by molar-refractivity contribution is 6.02. The fourth-order valence-corrected chi connectivity index (χ4v) is 3.20. The molecule has 1 unspecified atom stereocenters. The van der Waals surface area contributed by atoms with Crippen molar-refractivity contribution in [2.75, 3.05) is 11.9 Å². The van der Waals surface area contributed by atoms with E-state index in [-0.39, 0.29) is 18.2 Å². The lowest BCUT2D eigenvalue weighted by atomic mass is 9.89. The second kappa shape index (κ2) is 6.01. The van der Waals surface area contributed by atoms with E-state index in [0.717, 1.165) is 22.6 Å². The number of rotatable bonds is 3. The molecule has 126 valence electrons. The van der Waals surface area contributed by atoms with E-state index in [1.807, 2.05) is 28.7 Å². The molecule has 0 radical (unpaired) electrons. The first-order valence-electron chi connectivity index (χ1n) is 8.04. The minimum atomic E-state index is -0.472. The summed E-state index contributed by atoms with van der Waals surface area (Å²) in [6.45, 7) is 0.340. The van der Waals surface area contributed by atoms with Gasteiger partial charge < -0.3 is 10.2 Å². The van der Waals surface area contributed by atoms with Crippen LogP contribution in [0.3, 0.4) is 0 Å². The molecular weight excluding hydrogens is 318 g/mol. The summed E-state index contributed by atoms with van der Waals surface area (Å²) in [5.74, 6) is -0.682. The molecule has 1 N–H and O–H groups in total. The second-order valence-corrected chi connectivity index (χ2v) is 6.04. The Morgan fingerprint density at radius 2 is 2.16 bits per heavy atom. The zero-order valence-electron chi connectivity index (χ0n) is 13.7. The number of nitrogens with zero attached hydrogens (tertiary/aromatic N) is 4. The minimum absolute atomic E-state index is 0.0558. The molecule has 0 fully saturated rings. The van der Waals surface area contributed by atoms with Crippen LogP contribution in [0.25, 0.3) is 5.65 Å².